The molecule has 3 unspecified atom stereocenters. The summed E-state index contributed by atoms with van der Waals surface area (Å²) in [7, 11) is 0. The van der Waals surface area contributed by atoms with Gasteiger partial charge in [0.1, 0.15) is 0 Å². The monoisotopic (exact) mass is 222 g/mol. The average molecular weight is 222 g/mol. The average Bonchev–Trinajstić information content (AvgIpc) is 2.13. The third-order valence-electron chi connectivity index (χ3n) is 3.68. The summed E-state index contributed by atoms with van der Waals surface area (Å²) in [6.45, 7) is 8.11. The second-order valence-corrected chi connectivity index (χ2v) is 5.68. The molecule has 4 nitrogen and oxygen atoms in total. The van der Waals surface area contributed by atoms with Crippen molar-refractivity contribution in [1.82, 2.24) is 0 Å². The van der Waals surface area contributed by atoms with E-state index in [4.69, 9.17) is 0 Å². The SMILES string of the molecule is CC1C(N=C=O)CC(C)(C)CC1(C)N=C=O. The molecule has 1 saturated carbocycles. The second-order valence-electron chi connectivity index (χ2n) is 5.68. The van der Waals surface area contributed by atoms with Crippen LogP contribution in [0, 0.1) is 11.3 Å². The van der Waals surface area contributed by atoms with E-state index in [9.17, 15) is 9.59 Å². The Hall–Kier alpha value is -1.24. The molecule has 0 spiro atoms. The van der Waals surface area contributed by atoms with Gasteiger partial charge < -0.3 is 0 Å². The highest BCUT2D eigenvalue weighted by molar-refractivity contribution is 5.36. The number of nitrogens with zero attached hydrogens (tertiary/aromatic N) is 2. The number of hydrogen-bond acceptors (Lipinski definition) is 4. The minimum Gasteiger partial charge on any atom is -0.211 e. The number of carbonyl (C=O) groups excluding carboxylic acids is 2. The number of aliphatic imine (C=N–C) groups is 2. The van der Waals surface area contributed by atoms with E-state index in [1.165, 1.54) is 0 Å². The maximum absolute atomic E-state index is 10.5. The molecule has 3 atom stereocenters. The molecule has 0 amide bonds. The quantitative estimate of drug-likeness (QED) is 0.531. The lowest BCUT2D eigenvalue weighted by molar-refractivity contribution is 0.0924. The predicted molar refractivity (Wildman–Crippen MR) is 60.6 cm³/mol. The zero-order valence-electron chi connectivity index (χ0n) is 10.3. The number of isocyanates is 2. The van der Waals surface area contributed by atoms with Gasteiger partial charge >= 0.3 is 0 Å². The minimum atomic E-state index is -0.478. The lowest BCUT2D eigenvalue weighted by Crippen LogP contribution is -2.48. The Balaban J connectivity index is 3.11. The summed E-state index contributed by atoms with van der Waals surface area (Å²) in [6, 6.07) is -0.108. The highest BCUT2D eigenvalue weighted by Gasteiger charge is 2.47. The summed E-state index contributed by atoms with van der Waals surface area (Å²) >= 11 is 0. The van der Waals surface area contributed by atoms with E-state index in [-0.39, 0.29) is 17.4 Å². The summed E-state index contributed by atoms with van der Waals surface area (Å²) in [6.07, 6.45) is 4.90. The zero-order valence-corrected chi connectivity index (χ0v) is 10.3. The summed E-state index contributed by atoms with van der Waals surface area (Å²) < 4.78 is 0. The summed E-state index contributed by atoms with van der Waals surface area (Å²) in [4.78, 5) is 28.7. The molecule has 1 rings (SSSR count). The van der Waals surface area contributed by atoms with Crippen LogP contribution in [0.25, 0.3) is 0 Å². The van der Waals surface area contributed by atoms with Gasteiger partial charge in [-0.2, -0.15) is 4.99 Å². The van der Waals surface area contributed by atoms with Crippen LogP contribution in [0.15, 0.2) is 9.98 Å². The van der Waals surface area contributed by atoms with Crippen LogP contribution in [0.1, 0.15) is 40.5 Å². The van der Waals surface area contributed by atoms with Crippen molar-refractivity contribution in [2.45, 2.75) is 52.1 Å². The minimum absolute atomic E-state index is 0.0205. The molecule has 0 aromatic carbocycles. The van der Waals surface area contributed by atoms with E-state index in [0.29, 0.717) is 0 Å². The predicted octanol–water partition coefficient (Wildman–Crippen LogP) is 2.24. The van der Waals surface area contributed by atoms with E-state index in [0.717, 1.165) is 12.8 Å². The van der Waals surface area contributed by atoms with Crippen LogP contribution in [0.3, 0.4) is 0 Å². The Kier molecular flexibility index (Phi) is 3.47. The first-order chi connectivity index (χ1) is 7.34. The van der Waals surface area contributed by atoms with E-state index in [1.807, 2.05) is 13.8 Å². The normalized spacial score (nSPS) is 37.0. The topological polar surface area (TPSA) is 58.9 Å². The first-order valence-corrected chi connectivity index (χ1v) is 5.51. The highest BCUT2D eigenvalue weighted by atomic mass is 16.1. The fourth-order valence-electron chi connectivity index (χ4n) is 2.83. The molecular formula is C12H18N2O2. The van der Waals surface area contributed by atoms with Crippen molar-refractivity contribution in [1.29, 1.82) is 0 Å². The number of rotatable bonds is 2. The van der Waals surface area contributed by atoms with Crippen LogP contribution in [-0.2, 0) is 9.59 Å². The van der Waals surface area contributed by atoms with Crippen molar-refractivity contribution in [3.8, 4) is 0 Å². The smallest absolute Gasteiger partial charge is 0.211 e. The molecular weight excluding hydrogens is 204 g/mol. The molecule has 0 aromatic heterocycles. The summed E-state index contributed by atoms with van der Waals surface area (Å²) in [5.41, 5.74) is -0.457. The van der Waals surface area contributed by atoms with Gasteiger partial charge in [0.2, 0.25) is 12.2 Å². The fourth-order valence-corrected chi connectivity index (χ4v) is 2.83. The molecule has 4 heteroatoms. The molecule has 0 N–H and O–H groups in total. The van der Waals surface area contributed by atoms with Crippen molar-refractivity contribution < 1.29 is 9.59 Å². The van der Waals surface area contributed by atoms with Crippen molar-refractivity contribution in [3.63, 3.8) is 0 Å². The van der Waals surface area contributed by atoms with Crippen LogP contribution >= 0.6 is 0 Å². The largest absolute Gasteiger partial charge is 0.235 e. The van der Waals surface area contributed by atoms with Crippen molar-refractivity contribution in [2.75, 3.05) is 0 Å². The van der Waals surface area contributed by atoms with Gasteiger partial charge in [-0.15, -0.1) is 0 Å². The van der Waals surface area contributed by atoms with Gasteiger partial charge in [-0.3, -0.25) is 0 Å². The maximum Gasteiger partial charge on any atom is 0.235 e. The van der Waals surface area contributed by atoms with E-state index < -0.39 is 5.54 Å². The molecule has 1 fully saturated rings. The molecule has 0 aliphatic heterocycles. The standard InChI is InChI=1S/C12H18N2O2/c1-9-10(13-7-15)5-11(2,3)6-12(9,4)14-8-16/h9-10H,5-6H2,1-4H3. The fraction of sp³-hybridized carbons (Fsp3) is 0.833. The second kappa shape index (κ2) is 4.32. The van der Waals surface area contributed by atoms with Gasteiger partial charge in [0.05, 0.1) is 11.6 Å². The van der Waals surface area contributed by atoms with Gasteiger partial charge in [-0.05, 0) is 25.2 Å². The third kappa shape index (κ3) is 2.46. The molecule has 0 radical (unpaired) electrons. The third-order valence-corrected chi connectivity index (χ3v) is 3.68. The lowest BCUT2D eigenvalue weighted by Gasteiger charge is -2.46. The Morgan fingerprint density at radius 2 is 1.81 bits per heavy atom. The first kappa shape index (κ1) is 12.8. The van der Waals surface area contributed by atoms with E-state index in [2.05, 4.69) is 23.8 Å². The van der Waals surface area contributed by atoms with Crippen LogP contribution in [0.4, 0.5) is 0 Å². The van der Waals surface area contributed by atoms with Crippen molar-refractivity contribution in [3.05, 3.63) is 0 Å². The van der Waals surface area contributed by atoms with Gasteiger partial charge in [0.15, 0.2) is 0 Å². The Morgan fingerprint density at radius 3 is 2.31 bits per heavy atom. The summed E-state index contributed by atoms with van der Waals surface area (Å²) in [5, 5.41) is 0. The zero-order chi connectivity index (χ0) is 12.4. The molecule has 16 heavy (non-hydrogen) atoms. The molecule has 0 heterocycles. The van der Waals surface area contributed by atoms with Crippen molar-refractivity contribution >= 4 is 12.2 Å². The molecule has 1 aliphatic carbocycles. The highest BCUT2D eigenvalue weighted by Crippen LogP contribution is 2.46. The Bertz CT molecular complexity index is 365. The van der Waals surface area contributed by atoms with Crippen LogP contribution in [0.2, 0.25) is 0 Å². The van der Waals surface area contributed by atoms with E-state index >= 15 is 0 Å². The molecule has 88 valence electrons. The van der Waals surface area contributed by atoms with Gasteiger partial charge in [-0.25, -0.2) is 14.6 Å². The maximum atomic E-state index is 10.5. The number of hydrogen-bond donors (Lipinski definition) is 0. The van der Waals surface area contributed by atoms with Crippen molar-refractivity contribution in [2.24, 2.45) is 21.3 Å². The van der Waals surface area contributed by atoms with Gasteiger partial charge in [0, 0.05) is 5.92 Å². The lowest BCUT2D eigenvalue weighted by atomic mass is 9.62. The van der Waals surface area contributed by atoms with Crippen LogP contribution < -0.4 is 0 Å². The first-order valence-electron chi connectivity index (χ1n) is 5.51. The van der Waals surface area contributed by atoms with Gasteiger partial charge in [0.25, 0.3) is 0 Å². The Labute approximate surface area is 95.9 Å². The molecule has 0 saturated heterocycles. The van der Waals surface area contributed by atoms with E-state index in [1.54, 1.807) is 12.2 Å². The Morgan fingerprint density at radius 1 is 1.19 bits per heavy atom. The van der Waals surface area contributed by atoms with Crippen LogP contribution in [-0.4, -0.2) is 23.7 Å². The molecule has 0 bridgehead atoms. The van der Waals surface area contributed by atoms with Crippen LogP contribution in [0.5, 0.6) is 0 Å². The molecule has 1 aliphatic rings. The molecule has 0 aromatic rings. The summed E-state index contributed by atoms with van der Waals surface area (Å²) in [5.74, 6) is 0.0587. The van der Waals surface area contributed by atoms with Gasteiger partial charge in [-0.1, -0.05) is 20.8 Å².